The maximum atomic E-state index is 13.5. The van der Waals surface area contributed by atoms with Crippen molar-refractivity contribution >= 4 is 17.7 Å². The first-order chi connectivity index (χ1) is 18.6. The first-order valence-electron chi connectivity index (χ1n) is 12.9. The minimum atomic E-state index is 0.0906. The fraction of sp³-hybridized carbons (Fsp3) is 0.367. The van der Waals surface area contributed by atoms with Gasteiger partial charge >= 0.3 is 0 Å². The summed E-state index contributed by atoms with van der Waals surface area (Å²) >= 11 is 1.72. The van der Waals surface area contributed by atoms with E-state index in [1.165, 1.54) is 5.56 Å². The van der Waals surface area contributed by atoms with Crippen molar-refractivity contribution in [3.05, 3.63) is 71.8 Å². The smallest absolute Gasteiger partial charge is 0.254 e. The molecule has 38 heavy (non-hydrogen) atoms. The third-order valence-electron chi connectivity index (χ3n) is 7.53. The molecule has 7 nitrogen and oxygen atoms in total. The number of ether oxygens (including phenoxy) is 5. The monoisotopic (exact) mass is 533 g/mol. The van der Waals surface area contributed by atoms with Crippen LogP contribution in [-0.4, -0.2) is 50.0 Å². The normalized spacial score (nSPS) is 21.3. The standard InChI is InChI=1S/C30H31NO6S/c1-33-26-12-10-25(16-28(26)34-2)38-17-19-3-5-20(6-4-19)30(32)31-21-7-8-22(31)14-24(13-21)37-23-9-11-27-29(15-23)36-18-35-27/h3-6,9-12,15-16,21-22,24H,7-8,13-14,17-18H2,1-2H3. The summed E-state index contributed by atoms with van der Waals surface area (Å²) in [5.74, 6) is 4.64. The molecule has 0 N–H and O–H groups in total. The van der Waals surface area contributed by atoms with Crippen LogP contribution in [0, 0.1) is 0 Å². The molecule has 3 aliphatic heterocycles. The highest BCUT2D eigenvalue weighted by molar-refractivity contribution is 7.98. The summed E-state index contributed by atoms with van der Waals surface area (Å²) in [6, 6.07) is 20.1. The van der Waals surface area contributed by atoms with Gasteiger partial charge in [-0.3, -0.25) is 4.79 Å². The number of amides is 1. The minimum Gasteiger partial charge on any atom is -0.493 e. The number of hydrogen-bond acceptors (Lipinski definition) is 7. The Morgan fingerprint density at radius 3 is 2.37 bits per heavy atom. The van der Waals surface area contributed by atoms with E-state index >= 15 is 0 Å². The van der Waals surface area contributed by atoms with Gasteiger partial charge in [-0.15, -0.1) is 11.8 Å². The van der Waals surface area contributed by atoms with E-state index in [2.05, 4.69) is 17.0 Å². The van der Waals surface area contributed by atoms with Gasteiger partial charge in [0.1, 0.15) is 11.9 Å². The van der Waals surface area contributed by atoms with Crippen LogP contribution >= 0.6 is 11.8 Å². The molecular formula is C30H31NO6S. The Kier molecular flexibility index (Phi) is 6.98. The van der Waals surface area contributed by atoms with Crippen LogP contribution in [0.5, 0.6) is 28.7 Å². The molecule has 0 aliphatic carbocycles. The van der Waals surface area contributed by atoms with E-state index in [4.69, 9.17) is 23.7 Å². The van der Waals surface area contributed by atoms with Crippen LogP contribution in [0.2, 0.25) is 0 Å². The summed E-state index contributed by atoms with van der Waals surface area (Å²) in [6.45, 7) is 0.251. The van der Waals surface area contributed by atoms with Gasteiger partial charge in [-0.1, -0.05) is 12.1 Å². The van der Waals surface area contributed by atoms with Crippen molar-refractivity contribution < 1.29 is 28.5 Å². The predicted molar refractivity (Wildman–Crippen MR) is 145 cm³/mol. The van der Waals surface area contributed by atoms with Crippen LogP contribution in [0.3, 0.4) is 0 Å². The van der Waals surface area contributed by atoms with Crippen LogP contribution in [0.25, 0.3) is 0 Å². The van der Waals surface area contributed by atoms with Crippen LogP contribution < -0.4 is 23.7 Å². The zero-order chi connectivity index (χ0) is 26.1. The van der Waals surface area contributed by atoms with Crippen LogP contribution in [0.1, 0.15) is 41.6 Å². The van der Waals surface area contributed by atoms with Gasteiger partial charge in [0.2, 0.25) is 6.79 Å². The molecule has 2 saturated heterocycles. The average Bonchev–Trinajstić information content (AvgIpc) is 3.52. The van der Waals surface area contributed by atoms with Gasteiger partial charge in [0.25, 0.3) is 5.91 Å². The molecule has 3 aliphatic rings. The number of hydrogen-bond donors (Lipinski definition) is 0. The van der Waals surface area contributed by atoms with E-state index in [1.54, 1.807) is 26.0 Å². The van der Waals surface area contributed by atoms with Gasteiger partial charge < -0.3 is 28.6 Å². The Balaban J connectivity index is 1.06. The van der Waals surface area contributed by atoms with Gasteiger partial charge in [0, 0.05) is 47.2 Å². The summed E-state index contributed by atoms with van der Waals surface area (Å²) in [5, 5.41) is 0. The molecule has 0 aromatic heterocycles. The molecule has 3 aromatic rings. The summed E-state index contributed by atoms with van der Waals surface area (Å²) in [6.07, 6.45) is 3.83. The van der Waals surface area contributed by atoms with Crippen molar-refractivity contribution in [1.82, 2.24) is 4.90 Å². The molecule has 198 valence electrons. The van der Waals surface area contributed by atoms with Crippen molar-refractivity contribution in [2.45, 2.75) is 54.5 Å². The highest BCUT2D eigenvalue weighted by Gasteiger charge is 2.44. The minimum absolute atomic E-state index is 0.0906. The number of carbonyl (C=O) groups excluding carboxylic acids is 1. The highest BCUT2D eigenvalue weighted by Crippen LogP contribution is 2.40. The Labute approximate surface area is 227 Å². The quantitative estimate of drug-likeness (QED) is 0.332. The topological polar surface area (TPSA) is 66.5 Å². The number of piperidine rings is 1. The number of fused-ring (bicyclic) bond motifs is 3. The number of rotatable bonds is 8. The Morgan fingerprint density at radius 2 is 1.63 bits per heavy atom. The summed E-state index contributed by atoms with van der Waals surface area (Å²) in [4.78, 5) is 16.7. The van der Waals surface area contributed by atoms with Gasteiger partial charge in [0.15, 0.2) is 23.0 Å². The molecule has 0 spiro atoms. The van der Waals surface area contributed by atoms with E-state index in [0.29, 0.717) is 0 Å². The third kappa shape index (κ3) is 4.97. The summed E-state index contributed by atoms with van der Waals surface area (Å²) in [5.41, 5.74) is 1.91. The van der Waals surface area contributed by atoms with Gasteiger partial charge in [0.05, 0.1) is 14.2 Å². The maximum absolute atomic E-state index is 13.5. The fourth-order valence-electron chi connectivity index (χ4n) is 5.66. The first kappa shape index (κ1) is 24.8. The molecule has 3 aromatic carbocycles. The second kappa shape index (κ2) is 10.7. The average molecular weight is 534 g/mol. The molecule has 0 radical (unpaired) electrons. The maximum Gasteiger partial charge on any atom is 0.254 e. The predicted octanol–water partition coefficient (Wildman–Crippen LogP) is 5.94. The first-order valence-corrected chi connectivity index (χ1v) is 13.9. The van der Waals surface area contributed by atoms with Gasteiger partial charge in [-0.05, 0) is 60.9 Å². The number of benzene rings is 3. The zero-order valence-electron chi connectivity index (χ0n) is 21.6. The van der Waals surface area contributed by atoms with E-state index in [1.807, 2.05) is 48.5 Å². The SMILES string of the molecule is COc1ccc(SCc2ccc(C(=O)N3C4CCC3CC(Oc3ccc5c(c3)OCO5)C4)cc2)cc1OC. The third-order valence-corrected chi connectivity index (χ3v) is 8.60. The molecule has 6 rings (SSSR count). The molecule has 2 unspecified atom stereocenters. The summed E-state index contributed by atoms with van der Waals surface area (Å²) in [7, 11) is 3.28. The molecule has 1 amide bonds. The van der Waals surface area contributed by atoms with Crippen LogP contribution in [0.15, 0.2) is 65.6 Å². The lowest BCUT2D eigenvalue weighted by Gasteiger charge is -2.39. The molecule has 0 saturated carbocycles. The van der Waals surface area contributed by atoms with Gasteiger partial charge in [-0.2, -0.15) is 0 Å². The summed E-state index contributed by atoms with van der Waals surface area (Å²) < 4.78 is 27.9. The Morgan fingerprint density at radius 1 is 0.895 bits per heavy atom. The lowest BCUT2D eigenvalue weighted by atomic mass is 9.98. The molecule has 2 bridgehead atoms. The van der Waals surface area contributed by atoms with E-state index in [9.17, 15) is 4.79 Å². The molecule has 3 heterocycles. The number of carbonyl (C=O) groups is 1. The van der Waals surface area contributed by atoms with Gasteiger partial charge in [-0.25, -0.2) is 0 Å². The van der Waals surface area contributed by atoms with E-state index < -0.39 is 0 Å². The largest absolute Gasteiger partial charge is 0.493 e. The second-order valence-corrected chi connectivity index (χ2v) is 10.9. The van der Waals surface area contributed by atoms with Crippen LogP contribution in [-0.2, 0) is 5.75 Å². The highest BCUT2D eigenvalue weighted by atomic mass is 32.2. The lowest BCUT2D eigenvalue weighted by Crippen LogP contribution is -2.49. The zero-order valence-corrected chi connectivity index (χ0v) is 22.4. The second-order valence-electron chi connectivity index (χ2n) is 9.83. The molecule has 2 fully saturated rings. The number of thioether (sulfide) groups is 1. The Hall–Kier alpha value is -3.52. The fourth-order valence-corrected chi connectivity index (χ4v) is 6.54. The lowest BCUT2D eigenvalue weighted by molar-refractivity contribution is 0.0358. The number of nitrogens with zero attached hydrogens (tertiary/aromatic N) is 1. The number of methoxy groups -OCH3 is 2. The van der Waals surface area contributed by atoms with Crippen LogP contribution in [0.4, 0.5) is 0 Å². The molecule has 8 heteroatoms. The Bertz CT molecular complexity index is 1300. The van der Waals surface area contributed by atoms with E-state index in [0.717, 1.165) is 70.6 Å². The van der Waals surface area contributed by atoms with Crippen molar-refractivity contribution in [2.24, 2.45) is 0 Å². The van der Waals surface area contributed by atoms with E-state index in [-0.39, 0.29) is 30.9 Å². The molecule has 2 atom stereocenters. The molecular weight excluding hydrogens is 502 g/mol. The van der Waals surface area contributed by atoms with Crippen molar-refractivity contribution in [3.8, 4) is 28.7 Å². The van der Waals surface area contributed by atoms with Crippen molar-refractivity contribution in [1.29, 1.82) is 0 Å². The van der Waals surface area contributed by atoms with Crippen molar-refractivity contribution in [2.75, 3.05) is 21.0 Å². The van der Waals surface area contributed by atoms with Crippen molar-refractivity contribution in [3.63, 3.8) is 0 Å².